The zero-order valence-corrected chi connectivity index (χ0v) is 13.6. The highest BCUT2D eigenvalue weighted by Crippen LogP contribution is 2.29. The van der Waals surface area contributed by atoms with Crippen LogP contribution >= 0.6 is 0 Å². The van der Waals surface area contributed by atoms with Crippen LogP contribution in [-0.2, 0) is 5.60 Å². The van der Waals surface area contributed by atoms with Crippen molar-refractivity contribution in [3.8, 4) is 5.75 Å². The minimum atomic E-state index is -1.22. The summed E-state index contributed by atoms with van der Waals surface area (Å²) in [6.45, 7) is 1.10. The van der Waals surface area contributed by atoms with Crippen molar-refractivity contribution in [1.82, 2.24) is 5.32 Å². The smallest absolute Gasteiger partial charge is 0.119 e. The van der Waals surface area contributed by atoms with Gasteiger partial charge in [-0.2, -0.15) is 0 Å². The number of rotatable bonds is 8. The van der Waals surface area contributed by atoms with Crippen LogP contribution in [0, 0.1) is 5.92 Å². The second-order valence-corrected chi connectivity index (χ2v) is 6.39. The van der Waals surface area contributed by atoms with E-state index < -0.39 is 5.60 Å². The predicted octanol–water partition coefficient (Wildman–Crippen LogP) is 2.44. The van der Waals surface area contributed by atoms with Crippen molar-refractivity contribution >= 4 is 0 Å². The molecule has 1 saturated carbocycles. The molecular formula is C18H29NO3. The highest BCUT2D eigenvalue weighted by molar-refractivity contribution is 5.32. The third-order valence-electron chi connectivity index (χ3n) is 4.63. The Hall–Kier alpha value is -1.10. The van der Waals surface area contributed by atoms with E-state index in [-0.39, 0.29) is 6.61 Å². The average Bonchev–Trinajstić information content (AvgIpc) is 2.59. The monoisotopic (exact) mass is 307 g/mol. The Morgan fingerprint density at radius 3 is 2.73 bits per heavy atom. The summed E-state index contributed by atoms with van der Waals surface area (Å²) < 4.78 is 5.92. The van der Waals surface area contributed by atoms with Crippen molar-refractivity contribution in [2.45, 2.75) is 44.1 Å². The molecule has 0 spiro atoms. The van der Waals surface area contributed by atoms with E-state index in [0.717, 1.165) is 12.4 Å². The van der Waals surface area contributed by atoms with Crippen LogP contribution in [0.25, 0.3) is 0 Å². The summed E-state index contributed by atoms with van der Waals surface area (Å²) in [5.41, 5.74) is -0.501. The lowest BCUT2D eigenvalue weighted by Crippen LogP contribution is -2.33. The maximum atomic E-state index is 10.6. The van der Waals surface area contributed by atoms with Gasteiger partial charge in [0, 0.05) is 0 Å². The molecule has 1 fully saturated rings. The van der Waals surface area contributed by atoms with Gasteiger partial charge in [0.05, 0.1) is 13.2 Å². The van der Waals surface area contributed by atoms with Crippen molar-refractivity contribution in [3.05, 3.63) is 29.8 Å². The summed E-state index contributed by atoms with van der Waals surface area (Å²) in [5, 5.41) is 23.2. The van der Waals surface area contributed by atoms with Gasteiger partial charge in [0.25, 0.3) is 0 Å². The molecule has 22 heavy (non-hydrogen) atoms. The van der Waals surface area contributed by atoms with Crippen LogP contribution in [0.15, 0.2) is 24.3 Å². The molecule has 1 aliphatic rings. The Balaban J connectivity index is 1.98. The van der Waals surface area contributed by atoms with Gasteiger partial charge in [-0.05, 0) is 56.5 Å². The molecule has 0 aromatic heterocycles. The van der Waals surface area contributed by atoms with Gasteiger partial charge in [-0.25, -0.2) is 0 Å². The SMILES string of the molecule is CNCCC(O)(CO)c1cccc(OCC2CCCCC2)c1. The van der Waals surface area contributed by atoms with Crippen molar-refractivity contribution in [2.24, 2.45) is 5.92 Å². The number of aliphatic hydroxyl groups excluding tert-OH is 1. The number of ether oxygens (including phenoxy) is 1. The number of nitrogens with one attached hydrogen (secondary N) is 1. The van der Waals surface area contributed by atoms with Crippen LogP contribution in [0.1, 0.15) is 44.1 Å². The maximum Gasteiger partial charge on any atom is 0.119 e. The third kappa shape index (κ3) is 4.70. The van der Waals surface area contributed by atoms with Crippen LogP contribution in [0.3, 0.4) is 0 Å². The van der Waals surface area contributed by atoms with Crippen molar-refractivity contribution < 1.29 is 14.9 Å². The summed E-state index contributed by atoms with van der Waals surface area (Å²) in [5.74, 6) is 1.43. The average molecular weight is 307 g/mol. The number of hydrogen-bond acceptors (Lipinski definition) is 4. The third-order valence-corrected chi connectivity index (χ3v) is 4.63. The molecule has 1 atom stereocenters. The van der Waals surface area contributed by atoms with Crippen LogP contribution in [0.5, 0.6) is 5.75 Å². The number of aliphatic hydroxyl groups is 2. The van der Waals surface area contributed by atoms with Gasteiger partial charge in [-0.3, -0.25) is 0 Å². The Bertz CT molecular complexity index is 446. The van der Waals surface area contributed by atoms with E-state index in [1.165, 1.54) is 32.1 Å². The second kappa shape index (κ2) is 8.51. The highest BCUT2D eigenvalue weighted by atomic mass is 16.5. The first-order valence-corrected chi connectivity index (χ1v) is 8.39. The lowest BCUT2D eigenvalue weighted by Gasteiger charge is -2.27. The molecule has 0 bridgehead atoms. The van der Waals surface area contributed by atoms with E-state index in [1.807, 2.05) is 31.3 Å². The molecule has 4 heteroatoms. The maximum absolute atomic E-state index is 10.6. The Morgan fingerprint density at radius 1 is 1.27 bits per heavy atom. The predicted molar refractivity (Wildman–Crippen MR) is 88.0 cm³/mol. The summed E-state index contributed by atoms with van der Waals surface area (Å²) in [7, 11) is 1.83. The minimum Gasteiger partial charge on any atom is -0.493 e. The zero-order chi connectivity index (χ0) is 15.8. The summed E-state index contributed by atoms with van der Waals surface area (Å²) in [6, 6.07) is 7.50. The first-order valence-electron chi connectivity index (χ1n) is 8.39. The van der Waals surface area contributed by atoms with Crippen LogP contribution in [-0.4, -0.2) is 37.0 Å². The van der Waals surface area contributed by atoms with E-state index in [0.29, 0.717) is 24.4 Å². The lowest BCUT2D eigenvalue weighted by atomic mass is 9.90. The van der Waals surface area contributed by atoms with Crippen LogP contribution < -0.4 is 10.1 Å². The molecule has 1 unspecified atom stereocenters. The van der Waals surface area contributed by atoms with Gasteiger partial charge >= 0.3 is 0 Å². The molecule has 3 N–H and O–H groups in total. The van der Waals surface area contributed by atoms with E-state index >= 15 is 0 Å². The number of hydrogen-bond donors (Lipinski definition) is 3. The van der Waals surface area contributed by atoms with E-state index in [1.54, 1.807) is 0 Å². The first-order chi connectivity index (χ1) is 10.7. The Labute approximate surface area is 133 Å². The molecule has 0 radical (unpaired) electrons. The van der Waals surface area contributed by atoms with Gasteiger partial charge in [-0.1, -0.05) is 31.4 Å². The van der Waals surface area contributed by atoms with Gasteiger partial charge in [0.2, 0.25) is 0 Å². The van der Waals surface area contributed by atoms with Crippen molar-refractivity contribution in [2.75, 3.05) is 26.8 Å². The van der Waals surface area contributed by atoms with E-state index in [4.69, 9.17) is 4.74 Å². The summed E-state index contributed by atoms with van der Waals surface area (Å²) in [4.78, 5) is 0. The van der Waals surface area contributed by atoms with Crippen LogP contribution in [0.4, 0.5) is 0 Å². The molecule has 124 valence electrons. The second-order valence-electron chi connectivity index (χ2n) is 6.39. The molecule has 1 aromatic carbocycles. The van der Waals surface area contributed by atoms with Gasteiger partial charge in [0.1, 0.15) is 11.4 Å². The molecule has 4 nitrogen and oxygen atoms in total. The Kier molecular flexibility index (Phi) is 6.68. The highest BCUT2D eigenvalue weighted by Gasteiger charge is 2.28. The fourth-order valence-electron chi connectivity index (χ4n) is 3.09. The molecular weight excluding hydrogens is 278 g/mol. The van der Waals surface area contributed by atoms with Crippen molar-refractivity contribution in [3.63, 3.8) is 0 Å². The molecule has 1 aromatic rings. The fourth-order valence-corrected chi connectivity index (χ4v) is 3.09. The number of benzene rings is 1. The summed E-state index contributed by atoms with van der Waals surface area (Å²) >= 11 is 0. The van der Waals surface area contributed by atoms with Crippen LogP contribution in [0.2, 0.25) is 0 Å². The van der Waals surface area contributed by atoms with Gasteiger partial charge in [-0.15, -0.1) is 0 Å². The Morgan fingerprint density at radius 2 is 2.05 bits per heavy atom. The summed E-state index contributed by atoms with van der Waals surface area (Å²) in [6.07, 6.45) is 6.93. The van der Waals surface area contributed by atoms with E-state index in [9.17, 15) is 10.2 Å². The molecule has 2 rings (SSSR count). The minimum absolute atomic E-state index is 0.291. The first kappa shape index (κ1) is 17.3. The van der Waals surface area contributed by atoms with Crippen molar-refractivity contribution in [1.29, 1.82) is 0 Å². The standard InChI is InChI=1S/C18H29NO3/c1-19-11-10-18(21,14-20)16-8-5-9-17(12-16)22-13-15-6-3-2-4-7-15/h5,8-9,12,15,19-21H,2-4,6-7,10-11,13-14H2,1H3. The largest absolute Gasteiger partial charge is 0.493 e. The molecule has 0 heterocycles. The fraction of sp³-hybridized carbons (Fsp3) is 0.667. The molecule has 0 aliphatic heterocycles. The molecule has 1 aliphatic carbocycles. The molecule has 0 saturated heterocycles. The normalized spacial score (nSPS) is 18.9. The lowest BCUT2D eigenvalue weighted by molar-refractivity contribution is -0.0255. The topological polar surface area (TPSA) is 61.7 Å². The van der Waals surface area contributed by atoms with Gasteiger partial charge in [0.15, 0.2) is 0 Å². The van der Waals surface area contributed by atoms with E-state index in [2.05, 4.69) is 5.32 Å². The van der Waals surface area contributed by atoms with Gasteiger partial charge < -0.3 is 20.3 Å². The zero-order valence-electron chi connectivity index (χ0n) is 13.6. The quantitative estimate of drug-likeness (QED) is 0.690. The molecule has 0 amide bonds.